The second kappa shape index (κ2) is 5.38. The molecular weight excluding hydrogens is 234 g/mol. The molecule has 3 heteroatoms. The Bertz CT molecular complexity index is 376. The van der Waals surface area contributed by atoms with E-state index >= 15 is 0 Å². The van der Waals surface area contributed by atoms with E-state index in [9.17, 15) is 5.11 Å². The molecule has 1 aliphatic rings. The molecule has 1 aromatic carbocycles. The predicted octanol–water partition coefficient (Wildman–Crippen LogP) is 3.03. The van der Waals surface area contributed by atoms with Gasteiger partial charge in [-0.2, -0.15) is 0 Å². The number of aliphatic hydroxyl groups is 1. The highest BCUT2D eigenvalue weighted by Crippen LogP contribution is 2.34. The van der Waals surface area contributed by atoms with Crippen LogP contribution in [0.5, 0.6) is 0 Å². The molecule has 1 heterocycles. The van der Waals surface area contributed by atoms with E-state index in [1.54, 1.807) is 0 Å². The Labute approximate surface area is 108 Å². The maximum Gasteiger partial charge on any atom is 0.0680 e. The molecule has 1 saturated heterocycles. The van der Waals surface area contributed by atoms with Crippen LogP contribution in [0.2, 0.25) is 5.02 Å². The van der Waals surface area contributed by atoms with Crippen molar-refractivity contribution < 1.29 is 5.11 Å². The van der Waals surface area contributed by atoms with E-state index in [0.29, 0.717) is 0 Å². The second-order valence-electron chi connectivity index (χ2n) is 4.96. The van der Waals surface area contributed by atoms with Gasteiger partial charge in [0, 0.05) is 5.02 Å². The summed E-state index contributed by atoms with van der Waals surface area (Å²) in [4.78, 5) is 2.36. The van der Waals surface area contributed by atoms with Crippen molar-refractivity contribution in [1.82, 2.24) is 4.90 Å². The number of hydrogen-bond acceptors (Lipinski definition) is 2. The van der Waals surface area contributed by atoms with E-state index < -0.39 is 0 Å². The number of likely N-dealkylation sites (tertiary alicyclic amines) is 1. The van der Waals surface area contributed by atoms with Crippen LogP contribution in [0.3, 0.4) is 0 Å². The standard InChI is InChI=1S/C14H20ClNO/c1-14(11-17,16-9-5-2-6-10-16)12-7-3-4-8-13(12)15/h3-4,7-8,17H,2,5-6,9-11H2,1H3/t14-/m0/s1. The van der Waals surface area contributed by atoms with Gasteiger partial charge in [0.15, 0.2) is 0 Å². The summed E-state index contributed by atoms with van der Waals surface area (Å²) in [5.41, 5.74) is 0.685. The van der Waals surface area contributed by atoms with Crippen LogP contribution in [0, 0.1) is 0 Å². The summed E-state index contributed by atoms with van der Waals surface area (Å²) < 4.78 is 0. The summed E-state index contributed by atoms with van der Waals surface area (Å²) in [6.45, 7) is 4.28. The number of benzene rings is 1. The highest BCUT2D eigenvalue weighted by atomic mass is 35.5. The third-order valence-corrected chi connectivity index (χ3v) is 4.15. The zero-order chi connectivity index (χ0) is 12.3. The van der Waals surface area contributed by atoms with Crippen molar-refractivity contribution >= 4 is 11.6 Å². The van der Waals surface area contributed by atoms with Crippen molar-refractivity contribution in [2.24, 2.45) is 0 Å². The van der Waals surface area contributed by atoms with Crippen molar-refractivity contribution in [3.8, 4) is 0 Å². The number of nitrogens with zero attached hydrogens (tertiary/aromatic N) is 1. The van der Waals surface area contributed by atoms with Gasteiger partial charge in [-0.3, -0.25) is 4.90 Å². The Morgan fingerprint density at radius 1 is 1.24 bits per heavy atom. The minimum absolute atomic E-state index is 0.108. The van der Waals surface area contributed by atoms with Crippen LogP contribution in [-0.2, 0) is 5.54 Å². The van der Waals surface area contributed by atoms with Gasteiger partial charge < -0.3 is 5.11 Å². The molecule has 2 nitrogen and oxygen atoms in total. The van der Waals surface area contributed by atoms with Crippen LogP contribution in [0.25, 0.3) is 0 Å². The lowest BCUT2D eigenvalue weighted by molar-refractivity contribution is 0.0261. The normalized spacial score (nSPS) is 21.1. The summed E-state index contributed by atoms with van der Waals surface area (Å²) >= 11 is 6.27. The lowest BCUT2D eigenvalue weighted by Gasteiger charge is -2.43. The van der Waals surface area contributed by atoms with Gasteiger partial charge in [-0.15, -0.1) is 0 Å². The van der Waals surface area contributed by atoms with E-state index in [2.05, 4.69) is 11.8 Å². The summed E-state index contributed by atoms with van der Waals surface area (Å²) in [7, 11) is 0. The maximum atomic E-state index is 9.82. The highest BCUT2D eigenvalue weighted by molar-refractivity contribution is 6.31. The van der Waals surface area contributed by atoms with Crippen LogP contribution in [-0.4, -0.2) is 29.7 Å². The molecular formula is C14H20ClNO. The molecule has 0 amide bonds. The van der Waals surface area contributed by atoms with Gasteiger partial charge in [-0.25, -0.2) is 0 Å². The quantitative estimate of drug-likeness (QED) is 0.895. The molecule has 1 atom stereocenters. The van der Waals surface area contributed by atoms with Gasteiger partial charge >= 0.3 is 0 Å². The maximum absolute atomic E-state index is 9.82. The number of halogens is 1. The van der Waals surface area contributed by atoms with E-state index in [-0.39, 0.29) is 12.1 Å². The van der Waals surface area contributed by atoms with Crippen LogP contribution >= 0.6 is 11.6 Å². The number of aliphatic hydroxyl groups excluding tert-OH is 1. The lowest BCUT2D eigenvalue weighted by atomic mass is 9.89. The third-order valence-electron chi connectivity index (χ3n) is 3.82. The molecule has 1 N–H and O–H groups in total. The minimum Gasteiger partial charge on any atom is -0.394 e. The molecule has 0 bridgehead atoms. The SMILES string of the molecule is C[C@](CO)(c1ccccc1Cl)N1CCCCC1. The predicted molar refractivity (Wildman–Crippen MR) is 71.3 cm³/mol. The summed E-state index contributed by atoms with van der Waals surface area (Å²) in [5.74, 6) is 0. The molecule has 2 rings (SSSR count). The zero-order valence-electron chi connectivity index (χ0n) is 10.3. The first kappa shape index (κ1) is 12.9. The van der Waals surface area contributed by atoms with Crippen molar-refractivity contribution in [3.05, 3.63) is 34.9 Å². The molecule has 94 valence electrons. The molecule has 0 saturated carbocycles. The molecule has 1 fully saturated rings. The topological polar surface area (TPSA) is 23.5 Å². The summed E-state index contributed by atoms with van der Waals surface area (Å²) in [6, 6.07) is 7.83. The Hall–Kier alpha value is -0.570. The largest absolute Gasteiger partial charge is 0.394 e. The molecule has 1 aliphatic heterocycles. The molecule has 0 aliphatic carbocycles. The van der Waals surface area contributed by atoms with Crippen LogP contribution in [0.15, 0.2) is 24.3 Å². The first-order chi connectivity index (χ1) is 8.18. The Morgan fingerprint density at radius 2 is 1.88 bits per heavy atom. The van der Waals surface area contributed by atoms with Crippen molar-refractivity contribution in [2.75, 3.05) is 19.7 Å². The fourth-order valence-corrected chi connectivity index (χ4v) is 2.98. The monoisotopic (exact) mass is 253 g/mol. The van der Waals surface area contributed by atoms with Crippen molar-refractivity contribution in [3.63, 3.8) is 0 Å². The van der Waals surface area contributed by atoms with Crippen molar-refractivity contribution in [1.29, 1.82) is 0 Å². The number of piperidine rings is 1. The van der Waals surface area contributed by atoms with Gasteiger partial charge in [0.1, 0.15) is 0 Å². The van der Waals surface area contributed by atoms with Crippen LogP contribution in [0.1, 0.15) is 31.7 Å². The van der Waals surface area contributed by atoms with Gasteiger partial charge in [0.2, 0.25) is 0 Å². The number of hydrogen-bond donors (Lipinski definition) is 1. The summed E-state index contributed by atoms with van der Waals surface area (Å²) in [5, 5.41) is 10.6. The first-order valence-corrected chi connectivity index (χ1v) is 6.67. The molecule has 0 spiro atoms. The number of rotatable bonds is 3. The highest BCUT2D eigenvalue weighted by Gasteiger charge is 2.35. The fourth-order valence-electron chi connectivity index (χ4n) is 2.64. The molecule has 0 aromatic heterocycles. The Morgan fingerprint density at radius 3 is 2.47 bits per heavy atom. The summed E-state index contributed by atoms with van der Waals surface area (Å²) in [6.07, 6.45) is 3.71. The second-order valence-corrected chi connectivity index (χ2v) is 5.37. The lowest BCUT2D eigenvalue weighted by Crippen LogP contribution is -2.49. The van der Waals surface area contributed by atoms with Gasteiger partial charge in [0.25, 0.3) is 0 Å². The molecule has 17 heavy (non-hydrogen) atoms. The van der Waals surface area contributed by atoms with E-state index in [4.69, 9.17) is 11.6 Å². The molecule has 1 aromatic rings. The van der Waals surface area contributed by atoms with E-state index in [1.165, 1.54) is 19.3 Å². The van der Waals surface area contributed by atoms with E-state index in [1.807, 2.05) is 24.3 Å². The first-order valence-electron chi connectivity index (χ1n) is 6.29. The van der Waals surface area contributed by atoms with Gasteiger partial charge in [-0.1, -0.05) is 36.2 Å². The van der Waals surface area contributed by atoms with Crippen molar-refractivity contribution in [2.45, 2.75) is 31.7 Å². The smallest absolute Gasteiger partial charge is 0.0680 e. The van der Waals surface area contributed by atoms with Crippen LogP contribution in [0.4, 0.5) is 0 Å². The van der Waals surface area contributed by atoms with Gasteiger partial charge in [-0.05, 0) is 44.5 Å². The zero-order valence-corrected chi connectivity index (χ0v) is 11.1. The van der Waals surface area contributed by atoms with E-state index in [0.717, 1.165) is 23.7 Å². The molecule has 0 radical (unpaired) electrons. The van der Waals surface area contributed by atoms with Crippen LogP contribution < -0.4 is 0 Å². The minimum atomic E-state index is -0.348. The third kappa shape index (κ3) is 2.49. The Balaban J connectivity index is 2.32. The molecule has 0 unspecified atom stereocenters. The fraction of sp³-hybridized carbons (Fsp3) is 0.571. The average molecular weight is 254 g/mol. The Kier molecular flexibility index (Phi) is 4.08. The average Bonchev–Trinajstić information content (AvgIpc) is 2.39. The van der Waals surface area contributed by atoms with Gasteiger partial charge in [0.05, 0.1) is 12.1 Å².